The summed E-state index contributed by atoms with van der Waals surface area (Å²) in [5.41, 5.74) is 1.08. The van der Waals surface area contributed by atoms with Crippen LogP contribution in [0.3, 0.4) is 0 Å². The second kappa shape index (κ2) is 7.88. The number of piperidine rings is 1. The topological polar surface area (TPSA) is 57.6 Å². The molecule has 1 aliphatic rings. The van der Waals surface area contributed by atoms with Gasteiger partial charge in [0.1, 0.15) is 0 Å². The van der Waals surface area contributed by atoms with Gasteiger partial charge < -0.3 is 10.0 Å². The van der Waals surface area contributed by atoms with E-state index in [9.17, 15) is 9.59 Å². The van der Waals surface area contributed by atoms with E-state index in [-0.39, 0.29) is 11.9 Å². The van der Waals surface area contributed by atoms with Crippen molar-refractivity contribution >= 4 is 35.2 Å². The average molecular weight is 342 g/mol. The van der Waals surface area contributed by atoms with E-state index in [4.69, 9.17) is 16.7 Å². The lowest BCUT2D eigenvalue weighted by Crippen LogP contribution is -2.48. The maximum Gasteiger partial charge on any atom is 0.308 e. The summed E-state index contributed by atoms with van der Waals surface area (Å²) in [5, 5.41) is 9.81. The number of amides is 1. The number of aliphatic carboxylic acids is 1. The van der Waals surface area contributed by atoms with Gasteiger partial charge >= 0.3 is 5.97 Å². The van der Waals surface area contributed by atoms with Gasteiger partial charge in [0.15, 0.2) is 0 Å². The number of carbonyl (C=O) groups excluding carboxylic acids is 1. The molecule has 2 unspecified atom stereocenters. The summed E-state index contributed by atoms with van der Waals surface area (Å²) in [5.74, 6) is -0.139. The molecule has 1 aromatic carbocycles. The third-order valence-electron chi connectivity index (χ3n) is 3.93. The van der Waals surface area contributed by atoms with Crippen molar-refractivity contribution in [3.63, 3.8) is 0 Å². The Morgan fingerprint density at radius 3 is 2.86 bits per heavy atom. The molecule has 4 nitrogen and oxygen atoms in total. The molecule has 0 aromatic heterocycles. The molecule has 0 saturated carbocycles. The van der Waals surface area contributed by atoms with E-state index in [1.54, 1.807) is 4.90 Å². The van der Waals surface area contributed by atoms with Gasteiger partial charge in [0.05, 0.1) is 11.7 Å². The van der Waals surface area contributed by atoms with Crippen molar-refractivity contribution in [2.75, 3.05) is 12.3 Å². The summed E-state index contributed by atoms with van der Waals surface area (Å²) in [4.78, 5) is 25.1. The van der Waals surface area contributed by atoms with E-state index in [0.29, 0.717) is 23.7 Å². The lowest BCUT2D eigenvalue weighted by molar-refractivity contribution is -0.146. The number of rotatable bonds is 5. The average Bonchev–Trinajstić information content (AvgIpc) is 2.47. The van der Waals surface area contributed by atoms with Crippen molar-refractivity contribution in [3.05, 3.63) is 34.9 Å². The summed E-state index contributed by atoms with van der Waals surface area (Å²) >= 11 is 7.46. The Hall–Kier alpha value is -1.20. The van der Waals surface area contributed by atoms with Gasteiger partial charge in [-0.3, -0.25) is 9.59 Å². The molecule has 120 valence electrons. The van der Waals surface area contributed by atoms with Crippen LogP contribution >= 0.6 is 23.4 Å². The third-order valence-corrected chi connectivity index (χ3v) is 5.16. The standard InChI is InChI=1S/C16H20ClNO3S/c1-11-5-6-13(16(20)21)8-18(11)15(19)10-22-9-12-3-2-4-14(17)7-12/h2-4,7,11,13H,5-6,8-10H2,1H3,(H,20,21). The quantitative estimate of drug-likeness (QED) is 0.892. The molecule has 2 rings (SSSR count). The fourth-order valence-corrected chi connectivity index (χ4v) is 3.69. The van der Waals surface area contributed by atoms with Crippen LogP contribution in [0.5, 0.6) is 0 Å². The zero-order valence-electron chi connectivity index (χ0n) is 12.5. The second-order valence-electron chi connectivity index (χ2n) is 5.63. The van der Waals surface area contributed by atoms with Gasteiger partial charge in [-0.2, -0.15) is 0 Å². The van der Waals surface area contributed by atoms with E-state index in [0.717, 1.165) is 17.7 Å². The molecule has 0 bridgehead atoms. The Balaban J connectivity index is 1.84. The van der Waals surface area contributed by atoms with Crippen molar-refractivity contribution in [2.45, 2.75) is 31.6 Å². The molecule has 0 spiro atoms. The van der Waals surface area contributed by atoms with E-state index >= 15 is 0 Å². The fourth-order valence-electron chi connectivity index (χ4n) is 2.62. The number of carboxylic acid groups (broad SMARTS) is 1. The predicted octanol–water partition coefficient (Wildman–Crippen LogP) is 3.28. The highest BCUT2D eigenvalue weighted by molar-refractivity contribution is 7.99. The number of nitrogens with zero attached hydrogens (tertiary/aromatic N) is 1. The van der Waals surface area contributed by atoms with Crippen LogP contribution in [-0.4, -0.2) is 40.2 Å². The predicted molar refractivity (Wildman–Crippen MR) is 89.1 cm³/mol. The number of carbonyl (C=O) groups is 2. The smallest absolute Gasteiger partial charge is 0.308 e. The SMILES string of the molecule is CC1CCC(C(=O)O)CN1C(=O)CSCc1cccc(Cl)c1. The normalized spacial score (nSPS) is 21.6. The molecular formula is C16H20ClNO3S. The number of hydrogen-bond acceptors (Lipinski definition) is 3. The molecule has 1 saturated heterocycles. The highest BCUT2D eigenvalue weighted by Crippen LogP contribution is 2.24. The lowest BCUT2D eigenvalue weighted by atomic mass is 9.93. The first kappa shape index (κ1) is 17.2. The maximum absolute atomic E-state index is 12.3. The van der Waals surface area contributed by atoms with Gasteiger partial charge in [-0.05, 0) is 37.5 Å². The van der Waals surface area contributed by atoms with Crippen LogP contribution in [0, 0.1) is 5.92 Å². The van der Waals surface area contributed by atoms with Crippen molar-refractivity contribution in [3.8, 4) is 0 Å². The summed E-state index contributed by atoms with van der Waals surface area (Å²) < 4.78 is 0. The molecule has 6 heteroatoms. The lowest BCUT2D eigenvalue weighted by Gasteiger charge is -2.36. The van der Waals surface area contributed by atoms with Gasteiger partial charge in [-0.25, -0.2) is 0 Å². The van der Waals surface area contributed by atoms with E-state index in [1.165, 1.54) is 11.8 Å². The number of halogens is 1. The molecule has 1 fully saturated rings. The van der Waals surface area contributed by atoms with Crippen LogP contribution in [0.2, 0.25) is 5.02 Å². The molecule has 2 atom stereocenters. The zero-order chi connectivity index (χ0) is 16.1. The molecule has 1 N–H and O–H groups in total. The number of benzene rings is 1. The van der Waals surface area contributed by atoms with Crippen molar-refractivity contribution in [2.24, 2.45) is 5.92 Å². The summed E-state index contributed by atoms with van der Waals surface area (Å²) in [6.07, 6.45) is 1.40. The van der Waals surface area contributed by atoms with Crippen LogP contribution in [0.25, 0.3) is 0 Å². The van der Waals surface area contributed by atoms with Gasteiger partial charge in [0.25, 0.3) is 0 Å². The first-order valence-electron chi connectivity index (χ1n) is 7.32. The second-order valence-corrected chi connectivity index (χ2v) is 7.05. The van der Waals surface area contributed by atoms with Crippen molar-refractivity contribution in [1.82, 2.24) is 4.90 Å². The summed E-state index contributed by atoms with van der Waals surface area (Å²) in [6, 6.07) is 7.71. The Morgan fingerprint density at radius 2 is 2.18 bits per heavy atom. The van der Waals surface area contributed by atoms with E-state index in [1.807, 2.05) is 31.2 Å². The minimum Gasteiger partial charge on any atom is -0.481 e. The fraction of sp³-hybridized carbons (Fsp3) is 0.500. The van der Waals surface area contributed by atoms with Crippen LogP contribution in [-0.2, 0) is 15.3 Å². The Morgan fingerprint density at radius 1 is 1.41 bits per heavy atom. The zero-order valence-corrected chi connectivity index (χ0v) is 14.1. The van der Waals surface area contributed by atoms with Crippen LogP contribution in [0.1, 0.15) is 25.3 Å². The number of likely N-dealkylation sites (tertiary alicyclic amines) is 1. The van der Waals surface area contributed by atoms with Gasteiger partial charge in [0, 0.05) is 23.4 Å². The minimum atomic E-state index is -0.809. The minimum absolute atomic E-state index is 0.0190. The molecule has 1 aromatic rings. The Labute approximate surface area is 139 Å². The Bertz CT molecular complexity index is 552. The Kier molecular flexibility index (Phi) is 6.15. The molecule has 22 heavy (non-hydrogen) atoms. The van der Waals surface area contributed by atoms with Crippen molar-refractivity contribution in [1.29, 1.82) is 0 Å². The molecule has 1 heterocycles. The molecule has 0 aliphatic carbocycles. The van der Waals surface area contributed by atoms with Gasteiger partial charge in [0.2, 0.25) is 5.91 Å². The first-order chi connectivity index (χ1) is 10.5. The monoisotopic (exact) mass is 341 g/mol. The highest BCUT2D eigenvalue weighted by Gasteiger charge is 2.32. The van der Waals surface area contributed by atoms with E-state index < -0.39 is 11.9 Å². The maximum atomic E-state index is 12.3. The molecular weight excluding hydrogens is 322 g/mol. The number of carboxylic acids is 1. The highest BCUT2D eigenvalue weighted by atomic mass is 35.5. The number of thioether (sulfide) groups is 1. The largest absolute Gasteiger partial charge is 0.481 e. The van der Waals surface area contributed by atoms with Crippen molar-refractivity contribution < 1.29 is 14.7 Å². The van der Waals surface area contributed by atoms with Crippen LogP contribution in [0.4, 0.5) is 0 Å². The van der Waals surface area contributed by atoms with Gasteiger partial charge in [-0.15, -0.1) is 11.8 Å². The third kappa shape index (κ3) is 4.65. The van der Waals surface area contributed by atoms with Crippen LogP contribution in [0.15, 0.2) is 24.3 Å². The molecule has 1 amide bonds. The molecule has 0 radical (unpaired) electrons. The first-order valence-corrected chi connectivity index (χ1v) is 8.85. The summed E-state index contributed by atoms with van der Waals surface area (Å²) in [6.45, 7) is 2.31. The van der Waals surface area contributed by atoms with E-state index in [2.05, 4.69) is 0 Å². The van der Waals surface area contributed by atoms with Crippen LogP contribution < -0.4 is 0 Å². The molecule has 1 aliphatic heterocycles. The number of hydrogen-bond donors (Lipinski definition) is 1. The van der Waals surface area contributed by atoms with Gasteiger partial charge in [-0.1, -0.05) is 23.7 Å². The summed E-state index contributed by atoms with van der Waals surface area (Å²) in [7, 11) is 0.